The number of hydrogen-bond acceptors (Lipinski definition) is 6. The number of phenolic OH excluding ortho intramolecular Hbond substituents is 1. The highest BCUT2D eigenvalue weighted by Crippen LogP contribution is 2.38. The van der Waals surface area contributed by atoms with Gasteiger partial charge in [0.2, 0.25) is 0 Å². The molecule has 1 aliphatic rings. The zero-order valence-corrected chi connectivity index (χ0v) is 15.2. The highest BCUT2D eigenvalue weighted by Gasteiger charge is 2.24. The predicted octanol–water partition coefficient (Wildman–Crippen LogP) is 1.99. The lowest BCUT2D eigenvalue weighted by atomic mass is 10.0. The van der Waals surface area contributed by atoms with Crippen LogP contribution < -0.4 is 20.1 Å². The quantitative estimate of drug-likeness (QED) is 0.529. The average Bonchev–Trinajstić information content (AvgIpc) is 2.66. The first-order valence-corrected chi connectivity index (χ1v) is 8.88. The molecule has 0 bridgehead atoms. The number of hydrogen-bond donors (Lipinski definition) is 4. The topological polar surface area (TPSA) is 100 Å². The number of benzene rings is 2. The number of carbonyl (C=O) groups is 1. The summed E-state index contributed by atoms with van der Waals surface area (Å²) in [5.41, 5.74) is 2.02. The Bertz CT molecular complexity index is 809. The van der Waals surface area contributed by atoms with Crippen molar-refractivity contribution in [3.63, 3.8) is 0 Å². The molecule has 0 saturated heterocycles. The van der Waals surface area contributed by atoms with Crippen molar-refractivity contribution in [3.8, 4) is 17.2 Å². The molecule has 0 saturated carbocycles. The number of fused-ring (bicyclic) bond motifs is 1. The fraction of sp³-hybridized carbons (Fsp3) is 0.350. The fourth-order valence-electron chi connectivity index (χ4n) is 3.06. The number of rotatable bonds is 8. The summed E-state index contributed by atoms with van der Waals surface area (Å²) in [6, 6.07) is 10.8. The number of methoxy groups -OCH3 is 1. The zero-order chi connectivity index (χ0) is 19.2. The maximum absolute atomic E-state index is 11.4. The van der Waals surface area contributed by atoms with Gasteiger partial charge < -0.3 is 30.3 Å². The standard InChI is InChI=1S/C20H24N2O5/c1-26-15-6-2-4-13(8-15)5-3-7-21-11-18(24)16-9-14(23)10-17-20(16)27-12-19(25)22-17/h2,4,6,8-10,18,21,23-24H,3,5,7,11-12H2,1H3,(H,22,25). The lowest BCUT2D eigenvalue weighted by Gasteiger charge is -2.23. The smallest absolute Gasteiger partial charge is 0.262 e. The van der Waals surface area contributed by atoms with Gasteiger partial charge in [0.1, 0.15) is 17.2 Å². The molecule has 0 aliphatic carbocycles. The van der Waals surface area contributed by atoms with E-state index in [1.165, 1.54) is 17.7 Å². The Labute approximate surface area is 157 Å². The molecule has 3 rings (SSSR count). The normalized spacial score (nSPS) is 14.1. The molecule has 1 aliphatic heterocycles. The van der Waals surface area contributed by atoms with Crippen LogP contribution in [0, 0.1) is 0 Å². The van der Waals surface area contributed by atoms with E-state index < -0.39 is 6.10 Å². The molecule has 2 aromatic rings. The van der Waals surface area contributed by atoms with E-state index in [0.717, 1.165) is 25.1 Å². The number of nitrogens with one attached hydrogen (secondary N) is 2. The van der Waals surface area contributed by atoms with Crippen LogP contribution in [0.3, 0.4) is 0 Å². The predicted molar refractivity (Wildman–Crippen MR) is 101 cm³/mol. The van der Waals surface area contributed by atoms with E-state index in [-0.39, 0.29) is 18.3 Å². The van der Waals surface area contributed by atoms with Crippen molar-refractivity contribution >= 4 is 11.6 Å². The van der Waals surface area contributed by atoms with Crippen LogP contribution in [0.4, 0.5) is 5.69 Å². The molecule has 0 fully saturated rings. The van der Waals surface area contributed by atoms with Crippen LogP contribution in [-0.4, -0.2) is 42.9 Å². The largest absolute Gasteiger partial charge is 0.508 e. The number of aromatic hydroxyl groups is 1. The molecule has 1 unspecified atom stereocenters. The van der Waals surface area contributed by atoms with E-state index in [0.29, 0.717) is 23.5 Å². The number of ether oxygens (including phenoxy) is 2. The van der Waals surface area contributed by atoms with Gasteiger partial charge in [-0.3, -0.25) is 4.79 Å². The van der Waals surface area contributed by atoms with E-state index in [1.807, 2.05) is 18.2 Å². The number of carbonyl (C=O) groups excluding carboxylic acids is 1. The van der Waals surface area contributed by atoms with Gasteiger partial charge in [-0.05, 0) is 43.1 Å². The molecular formula is C20H24N2O5. The molecule has 0 spiro atoms. The molecule has 2 aromatic carbocycles. The summed E-state index contributed by atoms with van der Waals surface area (Å²) in [4.78, 5) is 11.4. The monoisotopic (exact) mass is 372 g/mol. The van der Waals surface area contributed by atoms with Crippen LogP contribution in [0.25, 0.3) is 0 Å². The summed E-state index contributed by atoms with van der Waals surface area (Å²) in [5, 5.41) is 26.1. The number of aliphatic hydroxyl groups is 1. The molecule has 7 nitrogen and oxygen atoms in total. The molecule has 1 heterocycles. The minimum Gasteiger partial charge on any atom is -0.508 e. The Balaban J connectivity index is 1.51. The molecule has 4 N–H and O–H groups in total. The summed E-state index contributed by atoms with van der Waals surface area (Å²) < 4.78 is 10.6. The molecular weight excluding hydrogens is 348 g/mol. The van der Waals surface area contributed by atoms with Gasteiger partial charge in [0.05, 0.1) is 18.9 Å². The van der Waals surface area contributed by atoms with Gasteiger partial charge in [-0.1, -0.05) is 12.1 Å². The fourth-order valence-corrected chi connectivity index (χ4v) is 3.06. The van der Waals surface area contributed by atoms with Gasteiger partial charge >= 0.3 is 0 Å². The van der Waals surface area contributed by atoms with Crippen LogP contribution >= 0.6 is 0 Å². The summed E-state index contributed by atoms with van der Waals surface area (Å²) in [7, 11) is 1.65. The van der Waals surface area contributed by atoms with Crippen molar-refractivity contribution in [2.75, 3.05) is 32.1 Å². The Kier molecular flexibility index (Phi) is 6.16. The van der Waals surface area contributed by atoms with Crippen LogP contribution in [0.1, 0.15) is 23.7 Å². The summed E-state index contributed by atoms with van der Waals surface area (Å²) in [6.45, 7) is 0.934. The highest BCUT2D eigenvalue weighted by molar-refractivity contribution is 5.96. The molecule has 0 radical (unpaired) electrons. The second-order valence-corrected chi connectivity index (χ2v) is 6.42. The third kappa shape index (κ3) is 4.90. The maximum Gasteiger partial charge on any atom is 0.262 e. The van der Waals surface area contributed by atoms with E-state index in [1.54, 1.807) is 7.11 Å². The first-order valence-electron chi connectivity index (χ1n) is 8.88. The van der Waals surface area contributed by atoms with Crippen molar-refractivity contribution in [2.45, 2.75) is 18.9 Å². The maximum atomic E-state index is 11.4. The van der Waals surface area contributed by atoms with Gasteiger partial charge in [-0.2, -0.15) is 0 Å². The minimum atomic E-state index is -0.863. The number of phenols is 1. The van der Waals surface area contributed by atoms with Crippen LogP contribution in [0.15, 0.2) is 36.4 Å². The van der Waals surface area contributed by atoms with Crippen molar-refractivity contribution < 1.29 is 24.5 Å². The Morgan fingerprint density at radius 1 is 1.33 bits per heavy atom. The van der Waals surface area contributed by atoms with Gasteiger partial charge in [0, 0.05) is 18.2 Å². The van der Waals surface area contributed by atoms with Gasteiger partial charge in [0.15, 0.2) is 6.61 Å². The minimum absolute atomic E-state index is 0.0355. The summed E-state index contributed by atoms with van der Waals surface area (Å²) in [5.74, 6) is 0.922. The first-order chi connectivity index (χ1) is 13.1. The van der Waals surface area contributed by atoms with E-state index in [9.17, 15) is 15.0 Å². The summed E-state index contributed by atoms with van der Waals surface area (Å²) in [6.07, 6.45) is 0.944. The second-order valence-electron chi connectivity index (χ2n) is 6.42. The summed E-state index contributed by atoms with van der Waals surface area (Å²) >= 11 is 0. The number of aliphatic hydroxyl groups excluding tert-OH is 1. The molecule has 144 valence electrons. The Hall–Kier alpha value is -2.77. The van der Waals surface area contributed by atoms with Crippen molar-refractivity contribution in [3.05, 3.63) is 47.5 Å². The van der Waals surface area contributed by atoms with Gasteiger partial charge in [-0.25, -0.2) is 0 Å². The van der Waals surface area contributed by atoms with Crippen LogP contribution in [-0.2, 0) is 11.2 Å². The molecule has 27 heavy (non-hydrogen) atoms. The second kappa shape index (κ2) is 8.75. The first kappa shape index (κ1) is 19.0. The molecule has 1 atom stereocenters. The molecule has 1 amide bonds. The lowest BCUT2D eigenvalue weighted by Crippen LogP contribution is -2.28. The molecule has 7 heteroatoms. The number of aryl methyl sites for hydroxylation is 1. The van der Waals surface area contributed by atoms with Crippen molar-refractivity contribution in [1.29, 1.82) is 0 Å². The highest BCUT2D eigenvalue weighted by atomic mass is 16.5. The van der Waals surface area contributed by atoms with E-state index in [2.05, 4.69) is 16.7 Å². The SMILES string of the molecule is COc1cccc(CCCNCC(O)c2cc(O)cc3c2OCC(=O)N3)c1. The van der Waals surface area contributed by atoms with E-state index >= 15 is 0 Å². The van der Waals surface area contributed by atoms with E-state index in [4.69, 9.17) is 9.47 Å². The third-order valence-corrected chi connectivity index (χ3v) is 4.37. The Morgan fingerprint density at radius 3 is 3.00 bits per heavy atom. The zero-order valence-electron chi connectivity index (χ0n) is 15.2. The molecule has 0 aromatic heterocycles. The van der Waals surface area contributed by atoms with Gasteiger partial charge in [-0.15, -0.1) is 0 Å². The number of anilines is 1. The van der Waals surface area contributed by atoms with Gasteiger partial charge in [0.25, 0.3) is 5.91 Å². The lowest BCUT2D eigenvalue weighted by molar-refractivity contribution is -0.118. The van der Waals surface area contributed by atoms with Crippen LogP contribution in [0.2, 0.25) is 0 Å². The third-order valence-electron chi connectivity index (χ3n) is 4.37. The number of amides is 1. The van der Waals surface area contributed by atoms with Crippen molar-refractivity contribution in [1.82, 2.24) is 5.32 Å². The Morgan fingerprint density at radius 2 is 2.19 bits per heavy atom. The average molecular weight is 372 g/mol. The van der Waals surface area contributed by atoms with Crippen LogP contribution in [0.5, 0.6) is 17.2 Å². The van der Waals surface area contributed by atoms with Crippen molar-refractivity contribution in [2.24, 2.45) is 0 Å².